The largest absolute Gasteiger partial charge is 1.00 e. The van der Waals surface area contributed by atoms with Crippen LogP contribution in [0.15, 0.2) is 84.9 Å². The standard InChI is InChI=1S/C31H39Cl3N4O6.C29H38N4O6.Li.H2O/c1-18(2)27(36-26(40)9-5-7-21-10-11-22-12-13-23(20(4)39)16-24(22)15-21)28(41)35-19(3)29(42)38-14-6-8-25(37-38)30(43)44-17-31(32,33)34;1-17(2)26(27(36)30-18(3)28(37)33-14-6-8-24(32-33)29(38)39)31-25(35)9-5-7-20-10-11-21-12-13-22(19(4)34)16-23(21)15-20;;/h5,7,10-13,15-16,18-20,25,27,37,39H,6,8-9,14,17H2,1-4H3,(H,35,41)(H,36,40);5,7,10-13,15-19,24,26,32,34H,6,8-9,14H2,1-4H3,(H,30,36)(H,31,35)(H,38,39);;1H2/q;;+1;/p-1/b2*7-5+;;/t19-,20+,25-,27-;18-,19+,24-,26-;;/m00../s1. The van der Waals surface area contributed by atoms with Gasteiger partial charge in [-0.25, -0.2) is 10.9 Å². The zero-order valence-corrected chi connectivity index (χ0v) is 51.6. The van der Waals surface area contributed by atoms with Crippen molar-refractivity contribution in [2.75, 3.05) is 19.7 Å². The van der Waals surface area contributed by atoms with Crippen molar-refractivity contribution < 1.29 is 82.7 Å². The predicted molar refractivity (Wildman–Crippen MR) is 322 cm³/mol. The van der Waals surface area contributed by atoms with Gasteiger partial charge in [-0.2, -0.15) is 0 Å². The van der Waals surface area contributed by atoms with Crippen LogP contribution in [-0.4, -0.2) is 138 Å². The second-order valence-corrected chi connectivity index (χ2v) is 24.0. The predicted octanol–water partition coefficient (Wildman–Crippen LogP) is 3.70. The van der Waals surface area contributed by atoms with E-state index >= 15 is 0 Å². The van der Waals surface area contributed by atoms with Crippen LogP contribution in [0.1, 0.15) is 128 Å². The summed E-state index contributed by atoms with van der Waals surface area (Å²) in [6, 6.07) is 18.1. The molecule has 25 heteroatoms. The van der Waals surface area contributed by atoms with Gasteiger partial charge in [-0.3, -0.25) is 48.4 Å². The number of aliphatic carboxylic acids is 1. The molecule has 0 aliphatic carbocycles. The zero-order chi connectivity index (χ0) is 61.3. The zero-order valence-electron chi connectivity index (χ0n) is 49.4. The number of aliphatic hydroxyl groups excluding tert-OH is 2. The molecule has 10 N–H and O–H groups in total. The number of carboxylic acid groups (broad SMARTS) is 1. The van der Waals surface area contributed by atoms with Gasteiger partial charge in [0, 0.05) is 25.9 Å². The van der Waals surface area contributed by atoms with E-state index in [0.29, 0.717) is 38.8 Å². The number of hydrazine groups is 2. The minimum absolute atomic E-state index is 0. The van der Waals surface area contributed by atoms with Gasteiger partial charge in [0.2, 0.25) is 27.4 Å². The fourth-order valence-corrected chi connectivity index (χ4v) is 9.29. The van der Waals surface area contributed by atoms with E-state index in [4.69, 9.17) is 39.5 Å². The number of amides is 6. The monoisotopic (exact) mass is 1230 g/mol. The van der Waals surface area contributed by atoms with E-state index in [-0.39, 0.29) is 60.8 Å². The van der Waals surface area contributed by atoms with Crippen LogP contribution >= 0.6 is 34.8 Å². The number of rotatable bonds is 21. The summed E-state index contributed by atoms with van der Waals surface area (Å²) in [7, 11) is 0. The van der Waals surface area contributed by atoms with Crippen LogP contribution in [-0.2, 0) is 43.1 Å². The van der Waals surface area contributed by atoms with Crippen LogP contribution in [0.2, 0.25) is 0 Å². The minimum Gasteiger partial charge on any atom is -0.870 e. The molecule has 4 aromatic rings. The summed E-state index contributed by atoms with van der Waals surface area (Å²) in [6.07, 6.45) is 7.96. The summed E-state index contributed by atoms with van der Waals surface area (Å²) in [5.74, 6) is -4.74. The first-order valence-corrected chi connectivity index (χ1v) is 28.8. The van der Waals surface area contributed by atoms with E-state index in [1.54, 1.807) is 53.7 Å². The molecule has 2 fully saturated rings. The van der Waals surface area contributed by atoms with Gasteiger partial charge in [0.1, 0.15) is 42.9 Å². The fraction of sp³-hybridized carbons (Fsp3) is 0.467. The molecule has 4 aromatic carbocycles. The van der Waals surface area contributed by atoms with Crippen LogP contribution in [0.4, 0.5) is 0 Å². The number of ether oxygens (including phenoxy) is 1. The molecule has 0 aromatic heterocycles. The Balaban J connectivity index is 0.000000438. The number of hydrogen-bond donors (Lipinski definition) is 9. The van der Waals surface area contributed by atoms with Crippen LogP contribution < -0.4 is 51.0 Å². The van der Waals surface area contributed by atoms with Crippen molar-refractivity contribution in [3.63, 3.8) is 0 Å². The first-order chi connectivity index (χ1) is 39.1. The average molecular weight is 1230 g/mol. The smallest absolute Gasteiger partial charge is 0.870 e. The van der Waals surface area contributed by atoms with E-state index in [9.17, 15) is 53.7 Å². The molecule has 0 unspecified atom stereocenters. The SMILES string of the molecule is CC(C)[C@H](NC(=O)C/C=C/c1ccc2ccc([C@@H](C)O)cc2c1)C(=O)N[C@@H](C)C(=O)N1CCC[C@@H](C(=O)O)N1.CC(C)[C@H](NC(=O)C/C=C/c1ccc2ccc([C@@H](C)O)cc2c1)C(=O)N[C@@H](C)C(=O)N1CCC[C@@H](C(=O)OCC(Cl)(Cl)Cl)N1.[Li+].[OH-]. The maximum Gasteiger partial charge on any atom is 1.00 e. The van der Waals surface area contributed by atoms with Crippen molar-refractivity contribution in [3.05, 3.63) is 107 Å². The molecule has 6 rings (SSSR count). The second kappa shape index (κ2) is 34.3. The number of carbonyl (C=O) groups excluding carboxylic acids is 7. The van der Waals surface area contributed by atoms with E-state index in [1.165, 1.54) is 23.9 Å². The van der Waals surface area contributed by atoms with Crippen LogP contribution in [0.25, 0.3) is 33.7 Å². The molecule has 8 atom stereocenters. The molecule has 2 saturated heterocycles. The van der Waals surface area contributed by atoms with Crippen molar-refractivity contribution in [3.8, 4) is 0 Å². The molecule has 21 nitrogen and oxygen atoms in total. The van der Waals surface area contributed by atoms with E-state index in [2.05, 4.69) is 32.1 Å². The Labute approximate surface area is 522 Å². The number of alkyl halides is 3. The van der Waals surface area contributed by atoms with Gasteiger partial charge in [-0.1, -0.05) is 135 Å². The molecule has 2 aliphatic heterocycles. The number of fused-ring (bicyclic) bond motifs is 2. The van der Waals surface area contributed by atoms with Crippen molar-refractivity contribution in [1.82, 2.24) is 42.1 Å². The third-order valence-corrected chi connectivity index (χ3v) is 14.2. The minimum atomic E-state index is -1.75. The number of esters is 1. The number of hydrogen-bond acceptors (Lipinski definition) is 14. The molecule has 0 saturated carbocycles. The van der Waals surface area contributed by atoms with Crippen LogP contribution in [0.3, 0.4) is 0 Å². The van der Waals surface area contributed by atoms with Gasteiger partial charge in [-0.05, 0) is 133 Å². The Hall–Kier alpha value is -6.09. The van der Waals surface area contributed by atoms with Gasteiger partial charge < -0.3 is 46.8 Å². The van der Waals surface area contributed by atoms with E-state index in [0.717, 1.165) is 43.8 Å². The topological polar surface area (TPSA) is 315 Å². The number of nitrogens with one attached hydrogen (secondary N) is 6. The Bertz CT molecular complexity index is 3030. The molecule has 2 aliphatic rings. The summed E-state index contributed by atoms with van der Waals surface area (Å²) in [5, 5.41) is 46.3. The Morgan fingerprint density at radius 2 is 0.988 bits per heavy atom. The van der Waals surface area contributed by atoms with Crippen molar-refractivity contribution in [2.45, 2.75) is 146 Å². The van der Waals surface area contributed by atoms with Crippen LogP contribution in [0.5, 0.6) is 0 Å². The van der Waals surface area contributed by atoms with Crippen molar-refractivity contribution in [1.29, 1.82) is 0 Å². The number of carboxylic acids is 1. The molecule has 2 heterocycles. The molecule has 6 amide bonds. The Kier molecular flexibility index (Phi) is 29.5. The van der Waals surface area contributed by atoms with Gasteiger partial charge >= 0.3 is 30.8 Å². The number of nitrogens with zero attached hydrogens (tertiary/aromatic N) is 2. The van der Waals surface area contributed by atoms with Crippen molar-refractivity contribution in [2.24, 2.45) is 11.8 Å². The molecule has 458 valence electrons. The van der Waals surface area contributed by atoms with E-state index in [1.807, 2.05) is 84.9 Å². The number of halogens is 3. The first-order valence-electron chi connectivity index (χ1n) is 27.7. The number of carbonyl (C=O) groups is 8. The molecular weight excluding hydrogens is 1150 g/mol. The van der Waals surface area contributed by atoms with Gasteiger partial charge in [0.15, 0.2) is 0 Å². The van der Waals surface area contributed by atoms with E-state index < -0.39 is 94.4 Å². The normalized spacial score (nSPS) is 17.5. The molecule has 0 bridgehead atoms. The summed E-state index contributed by atoms with van der Waals surface area (Å²) in [4.78, 5) is 101. The summed E-state index contributed by atoms with van der Waals surface area (Å²) < 4.78 is 3.27. The Morgan fingerprint density at radius 1 is 0.600 bits per heavy atom. The van der Waals surface area contributed by atoms with Gasteiger partial charge in [-0.15, -0.1) is 0 Å². The maximum atomic E-state index is 13.1. The third kappa shape index (κ3) is 22.9. The Morgan fingerprint density at radius 3 is 1.36 bits per heavy atom. The maximum absolute atomic E-state index is 13.1. The summed E-state index contributed by atoms with van der Waals surface area (Å²) >= 11 is 16.9. The molecule has 0 radical (unpaired) electrons. The summed E-state index contributed by atoms with van der Waals surface area (Å²) in [5.41, 5.74) is 8.96. The third-order valence-electron chi connectivity index (χ3n) is 13.8. The molecule has 0 spiro atoms. The quantitative estimate of drug-likeness (QED) is 0.0326. The molecule has 85 heavy (non-hydrogen) atoms. The second-order valence-electron chi connectivity index (χ2n) is 21.5. The van der Waals surface area contributed by atoms with Crippen molar-refractivity contribution >= 4 is 116 Å². The van der Waals surface area contributed by atoms with Gasteiger partial charge in [0.05, 0.1) is 12.2 Å². The molecular formula is C60H78Cl3LiN8O13. The van der Waals surface area contributed by atoms with Crippen LogP contribution in [0, 0.1) is 11.8 Å². The number of benzene rings is 4. The van der Waals surface area contributed by atoms with Gasteiger partial charge in [0.25, 0.3) is 11.8 Å². The number of aliphatic hydroxyl groups is 2. The average Bonchev–Trinajstić information content (AvgIpc) is 3.64. The first kappa shape index (κ1) is 73.2. The summed E-state index contributed by atoms with van der Waals surface area (Å²) in [6.45, 7) is 13.9. The fourth-order valence-electron chi connectivity index (χ4n) is 9.12.